The first-order chi connectivity index (χ1) is 9.70. The first-order valence-corrected chi connectivity index (χ1v) is 7.63. The molecule has 2 aromatic rings. The van der Waals surface area contributed by atoms with Gasteiger partial charge in [0.25, 0.3) is 0 Å². The summed E-state index contributed by atoms with van der Waals surface area (Å²) in [7, 11) is 0. The molecule has 5 heteroatoms. The number of carbonyl (C=O) groups excluding carboxylic acids is 1. The van der Waals surface area contributed by atoms with E-state index in [9.17, 15) is 4.79 Å². The Labute approximate surface area is 122 Å². The molecule has 0 radical (unpaired) electrons. The third-order valence-electron chi connectivity index (χ3n) is 2.92. The van der Waals surface area contributed by atoms with Gasteiger partial charge in [0.15, 0.2) is 0 Å². The molecule has 2 N–H and O–H groups in total. The maximum atomic E-state index is 11.9. The van der Waals surface area contributed by atoms with E-state index in [-0.39, 0.29) is 18.5 Å². The van der Waals surface area contributed by atoms with Crippen molar-refractivity contribution in [3.05, 3.63) is 48.4 Å². The summed E-state index contributed by atoms with van der Waals surface area (Å²) in [5.41, 5.74) is 0.845. The first kappa shape index (κ1) is 14.7. The molecule has 1 amide bonds. The predicted molar refractivity (Wildman–Crippen MR) is 82.0 cm³/mol. The summed E-state index contributed by atoms with van der Waals surface area (Å²) in [6.07, 6.45) is 3.62. The van der Waals surface area contributed by atoms with Gasteiger partial charge in [0.2, 0.25) is 5.91 Å². The largest absolute Gasteiger partial charge is 0.468 e. The van der Waals surface area contributed by atoms with Crippen LogP contribution >= 0.6 is 11.8 Å². The highest BCUT2D eigenvalue weighted by molar-refractivity contribution is 7.98. The van der Waals surface area contributed by atoms with Gasteiger partial charge in [-0.3, -0.25) is 10.1 Å². The van der Waals surface area contributed by atoms with Crippen LogP contribution in [0.15, 0.2) is 52.0 Å². The maximum Gasteiger partial charge on any atom is 0.238 e. The van der Waals surface area contributed by atoms with E-state index in [1.54, 1.807) is 18.0 Å². The van der Waals surface area contributed by atoms with Crippen LogP contribution < -0.4 is 10.6 Å². The van der Waals surface area contributed by atoms with E-state index >= 15 is 0 Å². The second-order valence-corrected chi connectivity index (χ2v) is 5.21. The number of nitrogens with one attached hydrogen (secondary N) is 2. The predicted octanol–water partition coefficient (Wildman–Crippen LogP) is 3.29. The van der Waals surface area contributed by atoms with Gasteiger partial charge < -0.3 is 9.73 Å². The Balaban J connectivity index is 1.86. The Kier molecular flexibility index (Phi) is 5.26. The van der Waals surface area contributed by atoms with Crippen LogP contribution in [0.5, 0.6) is 0 Å². The molecule has 1 aromatic heterocycles. The van der Waals surface area contributed by atoms with Crippen molar-refractivity contribution in [3.8, 4) is 0 Å². The van der Waals surface area contributed by atoms with Gasteiger partial charge in [-0.1, -0.05) is 12.1 Å². The van der Waals surface area contributed by atoms with Gasteiger partial charge in [-0.2, -0.15) is 0 Å². The number of carbonyl (C=O) groups is 1. The summed E-state index contributed by atoms with van der Waals surface area (Å²) in [4.78, 5) is 13.0. The van der Waals surface area contributed by atoms with Crippen molar-refractivity contribution in [3.63, 3.8) is 0 Å². The van der Waals surface area contributed by atoms with Crippen molar-refractivity contribution in [2.45, 2.75) is 17.9 Å². The number of thioether (sulfide) groups is 1. The number of hydrogen-bond acceptors (Lipinski definition) is 4. The van der Waals surface area contributed by atoms with Crippen molar-refractivity contribution in [2.75, 3.05) is 18.1 Å². The molecule has 1 heterocycles. The normalized spacial score (nSPS) is 12.1. The van der Waals surface area contributed by atoms with Crippen molar-refractivity contribution in [1.82, 2.24) is 5.32 Å². The van der Waals surface area contributed by atoms with Gasteiger partial charge in [0, 0.05) is 4.90 Å². The molecule has 0 spiro atoms. The van der Waals surface area contributed by atoms with E-state index in [0.717, 1.165) is 16.3 Å². The average Bonchev–Trinajstić information content (AvgIpc) is 2.99. The summed E-state index contributed by atoms with van der Waals surface area (Å²) in [6.45, 7) is 2.20. The fourth-order valence-corrected chi connectivity index (χ4v) is 2.38. The number of para-hydroxylation sites is 1. The Morgan fingerprint density at radius 1 is 1.30 bits per heavy atom. The summed E-state index contributed by atoms with van der Waals surface area (Å²) >= 11 is 1.61. The smallest absolute Gasteiger partial charge is 0.238 e. The number of benzene rings is 1. The summed E-state index contributed by atoms with van der Waals surface area (Å²) < 4.78 is 5.28. The van der Waals surface area contributed by atoms with Crippen LogP contribution in [0.1, 0.15) is 18.7 Å². The number of furan rings is 1. The maximum absolute atomic E-state index is 11.9. The van der Waals surface area contributed by atoms with E-state index in [0.29, 0.717) is 0 Å². The van der Waals surface area contributed by atoms with Gasteiger partial charge >= 0.3 is 0 Å². The molecular weight excluding hydrogens is 272 g/mol. The van der Waals surface area contributed by atoms with Crippen LogP contribution in [0, 0.1) is 0 Å². The lowest BCUT2D eigenvalue weighted by Crippen LogP contribution is -2.30. The van der Waals surface area contributed by atoms with Crippen LogP contribution in [-0.2, 0) is 4.79 Å². The van der Waals surface area contributed by atoms with E-state index in [2.05, 4.69) is 10.6 Å². The Morgan fingerprint density at radius 3 is 2.80 bits per heavy atom. The monoisotopic (exact) mass is 290 g/mol. The zero-order valence-electron chi connectivity index (χ0n) is 11.6. The van der Waals surface area contributed by atoms with Gasteiger partial charge in [-0.05, 0) is 37.4 Å². The Morgan fingerprint density at radius 2 is 2.10 bits per heavy atom. The van der Waals surface area contributed by atoms with Crippen molar-refractivity contribution in [1.29, 1.82) is 0 Å². The quantitative estimate of drug-likeness (QED) is 0.802. The summed E-state index contributed by atoms with van der Waals surface area (Å²) in [6, 6.07) is 11.5. The zero-order valence-corrected chi connectivity index (χ0v) is 12.4. The number of anilines is 1. The van der Waals surface area contributed by atoms with Crippen molar-refractivity contribution in [2.24, 2.45) is 0 Å². The minimum Gasteiger partial charge on any atom is -0.468 e. The first-order valence-electron chi connectivity index (χ1n) is 6.40. The van der Waals surface area contributed by atoms with E-state index in [1.165, 1.54) is 0 Å². The number of rotatable bonds is 6. The standard InChI is InChI=1S/C15H18N2O2S/c1-11(13-7-5-9-19-13)16-10-15(18)17-12-6-3-4-8-14(12)20-2/h3-9,11,16H,10H2,1-2H3,(H,17,18)/t11-/m0/s1. The molecule has 0 aliphatic carbocycles. The van der Waals surface area contributed by atoms with E-state index < -0.39 is 0 Å². The van der Waals surface area contributed by atoms with Gasteiger partial charge in [0.1, 0.15) is 5.76 Å². The molecule has 0 saturated carbocycles. The van der Waals surface area contributed by atoms with Crippen LogP contribution in [0.3, 0.4) is 0 Å². The van der Waals surface area contributed by atoms with Crippen LogP contribution in [-0.4, -0.2) is 18.7 Å². The van der Waals surface area contributed by atoms with Crippen LogP contribution in [0.2, 0.25) is 0 Å². The van der Waals surface area contributed by atoms with Gasteiger partial charge in [-0.15, -0.1) is 11.8 Å². The molecule has 0 aliphatic heterocycles. The fourth-order valence-electron chi connectivity index (χ4n) is 1.83. The van der Waals surface area contributed by atoms with Crippen LogP contribution in [0.25, 0.3) is 0 Å². The lowest BCUT2D eigenvalue weighted by molar-refractivity contribution is -0.115. The lowest BCUT2D eigenvalue weighted by Gasteiger charge is -2.12. The number of amides is 1. The molecule has 1 aromatic carbocycles. The van der Waals surface area contributed by atoms with Gasteiger partial charge in [0.05, 0.1) is 24.5 Å². The molecule has 0 aliphatic rings. The molecule has 0 unspecified atom stereocenters. The second kappa shape index (κ2) is 7.17. The fraction of sp³-hybridized carbons (Fsp3) is 0.267. The second-order valence-electron chi connectivity index (χ2n) is 4.37. The molecule has 0 bridgehead atoms. The van der Waals surface area contributed by atoms with Crippen molar-refractivity contribution < 1.29 is 9.21 Å². The lowest BCUT2D eigenvalue weighted by atomic mass is 10.2. The zero-order chi connectivity index (χ0) is 14.4. The van der Waals surface area contributed by atoms with E-state index in [4.69, 9.17) is 4.42 Å². The molecule has 1 atom stereocenters. The minimum absolute atomic E-state index is 0.00606. The van der Waals surface area contributed by atoms with Crippen molar-refractivity contribution >= 4 is 23.4 Å². The Hall–Kier alpha value is -1.72. The Bertz CT molecular complexity index is 555. The van der Waals surface area contributed by atoms with Gasteiger partial charge in [-0.25, -0.2) is 0 Å². The number of hydrogen-bond donors (Lipinski definition) is 2. The third kappa shape index (κ3) is 3.88. The molecule has 4 nitrogen and oxygen atoms in total. The third-order valence-corrected chi connectivity index (χ3v) is 3.72. The molecule has 0 fully saturated rings. The summed E-state index contributed by atoms with van der Waals surface area (Å²) in [5.74, 6) is 0.757. The minimum atomic E-state index is -0.0649. The molecule has 106 valence electrons. The topological polar surface area (TPSA) is 54.3 Å². The SMILES string of the molecule is CSc1ccccc1NC(=O)CN[C@@H](C)c1ccco1. The van der Waals surface area contributed by atoms with E-state index in [1.807, 2.05) is 49.6 Å². The molecular formula is C15H18N2O2S. The molecule has 20 heavy (non-hydrogen) atoms. The highest BCUT2D eigenvalue weighted by Gasteiger charge is 2.10. The average molecular weight is 290 g/mol. The van der Waals surface area contributed by atoms with Crippen LogP contribution in [0.4, 0.5) is 5.69 Å². The summed E-state index contributed by atoms with van der Waals surface area (Å²) in [5, 5.41) is 6.04. The highest BCUT2D eigenvalue weighted by Crippen LogP contribution is 2.24. The molecule has 0 saturated heterocycles. The highest BCUT2D eigenvalue weighted by atomic mass is 32.2. The molecule has 2 rings (SSSR count).